The maximum absolute atomic E-state index is 11.9. The van der Waals surface area contributed by atoms with E-state index in [2.05, 4.69) is 47.7 Å². The molecule has 0 aliphatic heterocycles. The van der Waals surface area contributed by atoms with E-state index in [4.69, 9.17) is 9.16 Å². The molecule has 1 aromatic carbocycles. The highest BCUT2D eigenvalue weighted by molar-refractivity contribution is 6.74. The third kappa shape index (κ3) is 6.14. The van der Waals surface area contributed by atoms with E-state index < -0.39 is 20.4 Å². The number of hydrogen-bond donors (Lipinski definition) is 1. The van der Waals surface area contributed by atoms with E-state index in [1.165, 1.54) is 32.1 Å². The van der Waals surface area contributed by atoms with Crippen molar-refractivity contribution in [1.82, 2.24) is 0 Å². The van der Waals surface area contributed by atoms with Crippen molar-refractivity contribution in [1.29, 1.82) is 0 Å². The number of hydrogen-bond acceptors (Lipinski definition) is 3. The van der Waals surface area contributed by atoms with Crippen molar-refractivity contribution in [3.05, 3.63) is 35.9 Å². The minimum atomic E-state index is -1.80. The van der Waals surface area contributed by atoms with Gasteiger partial charge in [0.15, 0.2) is 14.4 Å². The van der Waals surface area contributed by atoms with Crippen LogP contribution in [0.3, 0.4) is 0 Å². The Labute approximate surface area is 209 Å². The Morgan fingerprint density at radius 2 is 1.82 bits per heavy atom. The molecule has 2 saturated carbocycles. The van der Waals surface area contributed by atoms with E-state index in [0.29, 0.717) is 42.3 Å². The lowest BCUT2D eigenvalue weighted by molar-refractivity contribution is -0.152. The Morgan fingerprint density at radius 1 is 1.15 bits per heavy atom. The van der Waals surface area contributed by atoms with Crippen LogP contribution in [0, 0.1) is 23.2 Å². The van der Waals surface area contributed by atoms with Crippen LogP contribution in [0.25, 0.3) is 0 Å². The standard InChI is InChI=1S/C29H48O4Si/c1-21(15-18-26(27(30)31)32-20-22-12-9-8-10-13-22)23-16-17-24-25(14-11-19-29(23,24)5)33-34(6,7)28(2,3)4/h8-10,12-13,21,23-26H,11,14-20H2,1-7H3,(H,30,31)/t21-,23-,24+,25+,26-,29-/m1/s1. The van der Waals surface area contributed by atoms with Gasteiger partial charge < -0.3 is 14.3 Å². The summed E-state index contributed by atoms with van der Waals surface area (Å²) in [6.45, 7) is 17.0. The number of ether oxygens (including phenoxy) is 1. The quantitative estimate of drug-likeness (QED) is 0.343. The summed E-state index contributed by atoms with van der Waals surface area (Å²) in [5.74, 6) is 0.905. The molecule has 1 aromatic rings. The zero-order chi connectivity index (χ0) is 25.1. The number of fused-ring (bicyclic) bond motifs is 1. The fourth-order valence-corrected chi connectivity index (χ4v) is 7.85. The van der Waals surface area contributed by atoms with Gasteiger partial charge in [-0.3, -0.25) is 0 Å². The lowest BCUT2D eigenvalue weighted by Gasteiger charge is -2.50. The minimum absolute atomic E-state index is 0.234. The van der Waals surface area contributed by atoms with Gasteiger partial charge in [0.1, 0.15) is 0 Å². The molecule has 3 rings (SSSR count). The molecule has 1 N–H and O–H groups in total. The molecule has 0 amide bonds. The summed E-state index contributed by atoms with van der Waals surface area (Å²) < 4.78 is 12.8. The van der Waals surface area contributed by atoms with E-state index in [1.807, 2.05) is 30.3 Å². The molecule has 0 unspecified atom stereocenters. The molecular formula is C29H48O4Si. The number of rotatable bonds is 10. The van der Waals surface area contributed by atoms with Gasteiger partial charge in [-0.1, -0.05) is 71.4 Å². The van der Waals surface area contributed by atoms with Crippen LogP contribution in [0.2, 0.25) is 18.1 Å². The Kier molecular flexibility index (Phi) is 8.74. The molecule has 6 atom stereocenters. The van der Waals surface area contributed by atoms with Gasteiger partial charge in [0.25, 0.3) is 0 Å². The second kappa shape index (κ2) is 10.8. The molecular weight excluding hydrogens is 440 g/mol. The first-order chi connectivity index (χ1) is 15.8. The first-order valence-electron chi connectivity index (χ1n) is 13.4. The number of carbonyl (C=O) groups is 1. The van der Waals surface area contributed by atoms with Crippen molar-refractivity contribution >= 4 is 14.3 Å². The Morgan fingerprint density at radius 3 is 2.44 bits per heavy atom. The van der Waals surface area contributed by atoms with Gasteiger partial charge in [0.05, 0.1) is 6.61 Å². The lowest BCUT2D eigenvalue weighted by Crippen LogP contribution is -2.50. The molecule has 0 aromatic heterocycles. The third-order valence-electron chi connectivity index (χ3n) is 9.53. The molecule has 2 aliphatic rings. The Bertz CT molecular complexity index is 802. The SMILES string of the molecule is C[C@H](CC[C@@H](OCc1ccccc1)C(=O)O)[C@H]1CC[C@H]2[C@@H](O[Si](C)(C)C(C)(C)C)CCC[C@]12C. The van der Waals surface area contributed by atoms with Gasteiger partial charge in [-0.25, -0.2) is 4.79 Å². The normalized spacial score (nSPS) is 29.4. The second-order valence-corrected chi connectivity index (χ2v) is 17.5. The Balaban J connectivity index is 1.60. The van der Waals surface area contributed by atoms with Crippen LogP contribution in [0.1, 0.15) is 85.1 Å². The monoisotopic (exact) mass is 488 g/mol. The zero-order valence-electron chi connectivity index (χ0n) is 22.6. The first kappa shape index (κ1) is 27.4. The van der Waals surface area contributed by atoms with Crippen LogP contribution in [0.5, 0.6) is 0 Å². The Hall–Kier alpha value is -1.17. The summed E-state index contributed by atoms with van der Waals surface area (Å²) >= 11 is 0. The number of carboxylic acid groups (broad SMARTS) is 1. The average Bonchev–Trinajstić information content (AvgIpc) is 3.11. The highest BCUT2D eigenvalue weighted by Gasteiger charge is 2.54. The number of aliphatic carboxylic acids is 1. The molecule has 192 valence electrons. The van der Waals surface area contributed by atoms with Crippen LogP contribution >= 0.6 is 0 Å². The number of carboxylic acids is 1. The molecule has 4 nitrogen and oxygen atoms in total. The van der Waals surface area contributed by atoms with Gasteiger partial charge >= 0.3 is 5.97 Å². The summed E-state index contributed by atoms with van der Waals surface area (Å²) in [5, 5.41) is 9.97. The molecule has 34 heavy (non-hydrogen) atoms. The summed E-state index contributed by atoms with van der Waals surface area (Å²) in [6.07, 6.45) is 7.32. The topological polar surface area (TPSA) is 55.8 Å². The minimum Gasteiger partial charge on any atom is -0.479 e. The number of benzene rings is 1. The van der Waals surface area contributed by atoms with E-state index in [9.17, 15) is 9.90 Å². The van der Waals surface area contributed by atoms with Crippen molar-refractivity contribution < 1.29 is 19.1 Å². The lowest BCUT2D eigenvalue weighted by atomic mass is 9.61. The van der Waals surface area contributed by atoms with Crippen LogP contribution in [-0.4, -0.2) is 31.6 Å². The molecule has 0 saturated heterocycles. The average molecular weight is 489 g/mol. The summed E-state index contributed by atoms with van der Waals surface area (Å²) in [4.78, 5) is 11.9. The molecule has 0 bridgehead atoms. The van der Waals surface area contributed by atoms with Crippen LogP contribution in [-0.2, 0) is 20.6 Å². The maximum atomic E-state index is 11.9. The van der Waals surface area contributed by atoms with Crippen molar-refractivity contribution in [2.45, 2.75) is 117 Å². The molecule has 2 aliphatic carbocycles. The predicted octanol–water partition coefficient (Wildman–Crippen LogP) is 7.68. The zero-order valence-corrected chi connectivity index (χ0v) is 23.6. The smallest absolute Gasteiger partial charge is 0.332 e. The van der Waals surface area contributed by atoms with E-state index in [1.54, 1.807) is 0 Å². The second-order valence-electron chi connectivity index (χ2n) is 12.8. The molecule has 0 heterocycles. The van der Waals surface area contributed by atoms with Crippen molar-refractivity contribution in [3.63, 3.8) is 0 Å². The highest BCUT2D eigenvalue weighted by atomic mass is 28.4. The molecule has 0 spiro atoms. The first-order valence-corrected chi connectivity index (χ1v) is 16.3. The van der Waals surface area contributed by atoms with E-state index in [-0.39, 0.29) is 5.04 Å². The van der Waals surface area contributed by atoms with E-state index in [0.717, 1.165) is 12.0 Å². The fourth-order valence-electron chi connectivity index (χ4n) is 6.46. The maximum Gasteiger partial charge on any atom is 0.332 e. The van der Waals surface area contributed by atoms with Gasteiger partial charge in [0.2, 0.25) is 0 Å². The molecule has 0 radical (unpaired) electrons. The van der Waals surface area contributed by atoms with Crippen molar-refractivity contribution in [2.75, 3.05) is 0 Å². The summed E-state index contributed by atoms with van der Waals surface area (Å²) in [6, 6.07) is 9.83. The van der Waals surface area contributed by atoms with Crippen LogP contribution in [0.4, 0.5) is 0 Å². The van der Waals surface area contributed by atoms with Crippen molar-refractivity contribution in [3.8, 4) is 0 Å². The summed E-state index contributed by atoms with van der Waals surface area (Å²) in [7, 11) is -1.80. The third-order valence-corrected chi connectivity index (χ3v) is 14.0. The molecule has 2 fully saturated rings. The van der Waals surface area contributed by atoms with Gasteiger partial charge in [0, 0.05) is 6.10 Å². The van der Waals surface area contributed by atoms with Crippen LogP contribution < -0.4 is 0 Å². The highest BCUT2D eigenvalue weighted by Crippen LogP contribution is 2.59. The fraction of sp³-hybridized carbons (Fsp3) is 0.759. The molecule has 5 heteroatoms. The van der Waals surface area contributed by atoms with Crippen molar-refractivity contribution in [2.24, 2.45) is 23.2 Å². The predicted molar refractivity (Wildman–Crippen MR) is 141 cm³/mol. The van der Waals surface area contributed by atoms with Crippen LogP contribution in [0.15, 0.2) is 30.3 Å². The van der Waals surface area contributed by atoms with Gasteiger partial charge in [-0.2, -0.15) is 0 Å². The summed E-state index contributed by atoms with van der Waals surface area (Å²) in [5.41, 5.74) is 1.32. The van der Waals surface area contributed by atoms with E-state index >= 15 is 0 Å². The van der Waals surface area contributed by atoms with Gasteiger partial charge in [-0.15, -0.1) is 0 Å². The largest absolute Gasteiger partial charge is 0.479 e. The van der Waals surface area contributed by atoms with Gasteiger partial charge in [-0.05, 0) is 85.4 Å².